The van der Waals surface area contributed by atoms with Gasteiger partial charge >= 0.3 is 10.4 Å². The topological polar surface area (TPSA) is 56.1 Å². The first kappa shape index (κ1) is 9.35. The van der Waals surface area contributed by atoms with Gasteiger partial charge < -0.3 is 0 Å². The lowest BCUT2D eigenvalue weighted by Crippen LogP contribution is -2.17. The third-order valence-electron chi connectivity index (χ3n) is 1.66. The number of hydrogen-bond acceptors (Lipinski definition) is 4. The van der Waals surface area contributed by atoms with Crippen LogP contribution in [-0.2, 0) is 10.4 Å². The van der Waals surface area contributed by atoms with E-state index in [4.69, 9.17) is 0 Å². The van der Waals surface area contributed by atoms with Crippen molar-refractivity contribution in [2.45, 2.75) is 0 Å². The zero-order chi connectivity index (χ0) is 10.3. The molecule has 0 amide bonds. The number of benzene rings is 1. The number of fused-ring (bicyclic) bond motifs is 1. The van der Waals surface area contributed by atoms with Crippen molar-refractivity contribution in [1.29, 1.82) is 0 Å². The lowest BCUT2D eigenvalue weighted by atomic mass is 10.3. The SMILES string of the molecule is O=c1c2ccccc2sn1S(=O)(=O)F. The summed E-state index contributed by atoms with van der Waals surface area (Å²) in [5, 5.41) is 0.207. The Labute approximate surface area is 82.7 Å². The lowest BCUT2D eigenvalue weighted by molar-refractivity contribution is 0.544. The minimum Gasteiger partial charge on any atom is -0.267 e. The van der Waals surface area contributed by atoms with E-state index in [1.165, 1.54) is 6.07 Å². The van der Waals surface area contributed by atoms with Crippen LogP contribution in [0.25, 0.3) is 10.1 Å². The highest BCUT2D eigenvalue weighted by molar-refractivity contribution is 7.86. The molecule has 0 fully saturated rings. The highest BCUT2D eigenvalue weighted by atomic mass is 32.3. The standard InChI is InChI=1S/C7H4FNO3S2/c8-14(11,12)9-7(10)5-3-1-2-4-6(5)13-9/h1-4H. The van der Waals surface area contributed by atoms with Gasteiger partial charge in [-0.2, -0.15) is 8.42 Å². The summed E-state index contributed by atoms with van der Waals surface area (Å²) in [6.45, 7) is 0. The molecule has 0 radical (unpaired) electrons. The molecule has 0 aliphatic rings. The predicted molar refractivity (Wildman–Crippen MR) is 51.5 cm³/mol. The smallest absolute Gasteiger partial charge is 0.267 e. The van der Waals surface area contributed by atoms with Crippen molar-refractivity contribution in [3.63, 3.8) is 0 Å². The minimum absolute atomic E-state index is 0.137. The summed E-state index contributed by atoms with van der Waals surface area (Å²) in [7, 11) is -4.97. The van der Waals surface area contributed by atoms with Crippen LogP contribution in [0.1, 0.15) is 0 Å². The highest BCUT2D eigenvalue weighted by Gasteiger charge is 2.17. The predicted octanol–water partition coefficient (Wildman–Crippen LogP) is 1.13. The minimum atomic E-state index is -4.97. The van der Waals surface area contributed by atoms with Crippen LogP contribution >= 0.6 is 11.5 Å². The van der Waals surface area contributed by atoms with E-state index in [0.717, 1.165) is 0 Å². The summed E-state index contributed by atoms with van der Waals surface area (Å²) in [4.78, 5) is 11.3. The number of halogens is 1. The zero-order valence-electron chi connectivity index (χ0n) is 6.68. The molecule has 0 aliphatic heterocycles. The van der Waals surface area contributed by atoms with Crippen molar-refractivity contribution in [3.8, 4) is 0 Å². The molecule has 2 rings (SSSR count). The highest BCUT2D eigenvalue weighted by Crippen LogP contribution is 2.17. The molecule has 1 heterocycles. The van der Waals surface area contributed by atoms with Gasteiger partial charge in [-0.25, -0.2) is 0 Å². The fraction of sp³-hybridized carbons (Fsp3) is 0. The van der Waals surface area contributed by atoms with E-state index in [0.29, 0.717) is 16.2 Å². The second-order valence-corrected chi connectivity index (χ2v) is 4.97. The Morgan fingerprint density at radius 1 is 1.29 bits per heavy atom. The molecule has 74 valence electrons. The maximum Gasteiger partial charge on any atom is 0.415 e. The summed E-state index contributed by atoms with van der Waals surface area (Å²) >= 11 is 0.572. The first-order valence-electron chi connectivity index (χ1n) is 3.56. The van der Waals surface area contributed by atoms with E-state index in [1.807, 2.05) is 0 Å². The van der Waals surface area contributed by atoms with Gasteiger partial charge in [0.15, 0.2) is 0 Å². The molecule has 0 bridgehead atoms. The number of hydrogen-bond donors (Lipinski definition) is 0. The molecule has 0 aliphatic carbocycles. The maximum atomic E-state index is 12.6. The van der Waals surface area contributed by atoms with Crippen molar-refractivity contribution >= 4 is 32.0 Å². The maximum absolute atomic E-state index is 12.6. The molecule has 1 aromatic heterocycles. The summed E-state index contributed by atoms with van der Waals surface area (Å²) in [5.74, 6) is 0. The monoisotopic (exact) mass is 233 g/mol. The first-order chi connectivity index (χ1) is 6.50. The number of nitrogens with zero attached hydrogens (tertiary/aromatic N) is 1. The molecule has 2 aromatic rings. The van der Waals surface area contributed by atoms with Crippen LogP contribution < -0.4 is 5.56 Å². The fourth-order valence-corrected chi connectivity index (χ4v) is 2.74. The van der Waals surface area contributed by atoms with Gasteiger partial charge in [-0.1, -0.05) is 16.0 Å². The fourth-order valence-electron chi connectivity index (χ4n) is 1.10. The van der Waals surface area contributed by atoms with Crippen LogP contribution in [0.15, 0.2) is 29.1 Å². The average Bonchev–Trinajstić information content (AvgIpc) is 2.44. The molecule has 4 nitrogen and oxygen atoms in total. The molecule has 0 unspecified atom stereocenters. The number of aromatic nitrogens is 1. The third kappa shape index (κ3) is 1.34. The Balaban J connectivity index is 2.96. The Kier molecular flexibility index (Phi) is 1.93. The van der Waals surface area contributed by atoms with Crippen molar-refractivity contribution in [2.75, 3.05) is 0 Å². The summed E-state index contributed by atoms with van der Waals surface area (Å²) in [6.07, 6.45) is 0. The van der Waals surface area contributed by atoms with Gasteiger partial charge in [-0.15, -0.1) is 3.36 Å². The normalized spacial score (nSPS) is 12.1. The molecule has 7 heteroatoms. The molecule has 0 spiro atoms. The number of rotatable bonds is 1. The second-order valence-electron chi connectivity index (χ2n) is 2.56. The Morgan fingerprint density at radius 3 is 2.50 bits per heavy atom. The van der Waals surface area contributed by atoms with Crippen molar-refractivity contribution in [2.24, 2.45) is 0 Å². The van der Waals surface area contributed by atoms with Crippen LogP contribution in [0.5, 0.6) is 0 Å². The third-order valence-corrected chi connectivity index (χ3v) is 3.87. The molecule has 0 N–H and O–H groups in total. The quantitative estimate of drug-likeness (QED) is 0.694. The summed E-state index contributed by atoms with van der Waals surface area (Å²) < 4.78 is 34.2. The van der Waals surface area contributed by atoms with Crippen LogP contribution in [0.3, 0.4) is 0 Å². The van der Waals surface area contributed by atoms with Gasteiger partial charge in [0.25, 0.3) is 5.56 Å². The van der Waals surface area contributed by atoms with Crippen LogP contribution in [0.2, 0.25) is 0 Å². The Morgan fingerprint density at radius 2 is 1.93 bits per heavy atom. The lowest BCUT2D eigenvalue weighted by Gasteiger charge is -1.87. The van der Waals surface area contributed by atoms with E-state index in [-0.39, 0.29) is 8.75 Å². The Hall–Kier alpha value is -1.21. The molecule has 0 saturated heterocycles. The molecular weight excluding hydrogens is 229 g/mol. The van der Waals surface area contributed by atoms with E-state index in [1.54, 1.807) is 18.2 Å². The second kappa shape index (κ2) is 2.89. The van der Waals surface area contributed by atoms with Gasteiger partial charge in [-0.05, 0) is 23.7 Å². The zero-order valence-corrected chi connectivity index (χ0v) is 8.31. The molecule has 0 atom stereocenters. The van der Waals surface area contributed by atoms with Gasteiger partial charge in [0.1, 0.15) is 0 Å². The summed E-state index contributed by atoms with van der Waals surface area (Å²) in [5.41, 5.74) is -0.840. The van der Waals surface area contributed by atoms with E-state index in [2.05, 4.69) is 0 Å². The largest absolute Gasteiger partial charge is 0.415 e. The van der Waals surface area contributed by atoms with Gasteiger partial charge in [0, 0.05) is 0 Å². The first-order valence-corrected chi connectivity index (χ1v) is 5.68. The van der Waals surface area contributed by atoms with E-state index >= 15 is 0 Å². The van der Waals surface area contributed by atoms with Crippen molar-refractivity contribution in [1.82, 2.24) is 3.36 Å². The molecule has 0 saturated carbocycles. The van der Waals surface area contributed by atoms with E-state index in [9.17, 15) is 17.1 Å². The molecular formula is C7H4FNO3S2. The van der Waals surface area contributed by atoms with Gasteiger partial charge in [0.05, 0.1) is 10.1 Å². The Bertz CT molecular complexity index is 640. The van der Waals surface area contributed by atoms with Gasteiger partial charge in [-0.3, -0.25) is 4.79 Å². The van der Waals surface area contributed by atoms with E-state index < -0.39 is 16.0 Å². The van der Waals surface area contributed by atoms with Crippen LogP contribution in [-0.4, -0.2) is 11.8 Å². The van der Waals surface area contributed by atoms with Crippen LogP contribution in [0.4, 0.5) is 3.89 Å². The summed E-state index contributed by atoms with van der Waals surface area (Å²) in [6, 6.07) is 6.25. The van der Waals surface area contributed by atoms with Crippen molar-refractivity contribution < 1.29 is 12.3 Å². The van der Waals surface area contributed by atoms with Crippen molar-refractivity contribution in [3.05, 3.63) is 34.6 Å². The molecule has 14 heavy (non-hydrogen) atoms. The van der Waals surface area contributed by atoms with Crippen LogP contribution in [0, 0.1) is 0 Å². The molecule has 1 aromatic carbocycles. The average molecular weight is 233 g/mol. The van der Waals surface area contributed by atoms with Gasteiger partial charge in [0.2, 0.25) is 0 Å².